The number of nitrogens with two attached hydrogens (primary N) is 3. The van der Waals surface area contributed by atoms with Crippen molar-refractivity contribution in [2.75, 3.05) is 18.8 Å². The number of nitrogens with one attached hydrogen (secondary N) is 1. The van der Waals surface area contributed by atoms with Gasteiger partial charge in [-0.15, -0.1) is 0 Å². The van der Waals surface area contributed by atoms with Crippen molar-refractivity contribution < 1.29 is 19.5 Å². The van der Waals surface area contributed by atoms with Gasteiger partial charge < -0.3 is 32.5 Å². The van der Waals surface area contributed by atoms with Gasteiger partial charge in [0.05, 0.1) is 6.04 Å². The highest BCUT2D eigenvalue weighted by Gasteiger charge is 2.37. The molecule has 0 spiro atoms. The molecule has 142 valence electrons. The summed E-state index contributed by atoms with van der Waals surface area (Å²) in [4.78, 5) is 40.9. The number of carboxylic acid groups (broad SMARTS) is 1. The van der Waals surface area contributed by atoms with Crippen LogP contribution < -0.4 is 22.5 Å². The first-order chi connectivity index (χ1) is 11.8. The van der Waals surface area contributed by atoms with Crippen molar-refractivity contribution in [1.82, 2.24) is 10.2 Å². The summed E-state index contributed by atoms with van der Waals surface area (Å²) < 4.78 is 0. The number of aliphatic carboxylic acids is 1. The largest absolute Gasteiger partial charge is 0.480 e. The second-order valence-corrected chi connectivity index (χ2v) is 6.19. The number of aliphatic imine (C=N–C) groups is 1. The molecule has 0 saturated carbocycles. The third kappa shape index (κ3) is 6.42. The number of carbonyl (C=O) groups excluding carboxylic acids is 2. The van der Waals surface area contributed by atoms with Gasteiger partial charge in [0.1, 0.15) is 12.1 Å². The molecular weight excluding hydrogens is 348 g/mol. The van der Waals surface area contributed by atoms with Crippen LogP contribution in [0, 0.1) is 0 Å². The monoisotopic (exact) mass is 374 g/mol. The summed E-state index contributed by atoms with van der Waals surface area (Å²) in [5.74, 6) is -1.98. The van der Waals surface area contributed by atoms with Crippen LogP contribution in [-0.4, -0.2) is 70.7 Å². The number of guanidine groups is 1. The van der Waals surface area contributed by atoms with Gasteiger partial charge in [-0.2, -0.15) is 12.6 Å². The van der Waals surface area contributed by atoms with E-state index in [1.165, 1.54) is 4.90 Å². The third-order valence-corrected chi connectivity index (χ3v) is 4.29. The molecule has 0 radical (unpaired) electrons. The summed E-state index contributed by atoms with van der Waals surface area (Å²) in [5.41, 5.74) is 16.2. The zero-order valence-electron chi connectivity index (χ0n) is 13.9. The Kier molecular flexibility index (Phi) is 8.49. The van der Waals surface area contributed by atoms with E-state index in [1.54, 1.807) is 0 Å². The van der Waals surface area contributed by atoms with Crippen LogP contribution in [0.4, 0.5) is 0 Å². The molecule has 0 aromatic heterocycles. The van der Waals surface area contributed by atoms with E-state index in [0.29, 0.717) is 38.8 Å². The maximum absolute atomic E-state index is 12.5. The molecule has 2 amide bonds. The van der Waals surface area contributed by atoms with Gasteiger partial charge in [0.15, 0.2) is 5.96 Å². The minimum atomic E-state index is -1.05. The van der Waals surface area contributed by atoms with Crippen molar-refractivity contribution in [2.45, 2.75) is 43.8 Å². The zero-order chi connectivity index (χ0) is 19.0. The fourth-order valence-corrected chi connectivity index (χ4v) is 2.85. The van der Waals surface area contributed by atoms with Gasteiger partial charge in [-0.05, 0) is 25.7 Å². The van der Waals surface area contributed by atoms with Gasteiger partial charge in [0.25, 0.3) is 0 Å². The predicted octanol–water partition coefficient (Wildman–Crippen LogP) is -2.14. The lowest BCUT2D eigenvalue weighted by Gasteiger charge is -2.27. The fraction of sp³-hybridized carbons (Fsp3) is 0.714. The average molecular weight is 374 g/mol. The van der Waals surface area contributed by atoms with Crippen LogP contribution in [0.5, 0.6) is 0 Å². The van der Waals surface area contributed by atoms with Crippen molar-refractivity contribution in [3.05, 3.63) is 0 Å². The summed E-state index contributed by atoms with van der Waals surface area (Å²) >= 11 is 4.08. The van der Waals surface area contributed by atoms with E-state index in [0.717, 1.165) is 0 Å². The normalized spacial score (nSPS) is 19.1. The highest BCUT2D eigenvalue weighted by molar-refractivity contribution is 7.80. The second-order valence-electron chi connectivity index (χ2n) is 5.83. The van der Waals surface area contributed by atoms with E-state index >= 15 is 0 Å². The summed E-state index contributed by atoms with van der Waals surface area (Å²) in [6.07, 6.45) is 1.87. The summed E-state index contributed by atoms with van der Waals surface area (Å²) in [6, 6.07) is -2.60. The quantitative estimate of drug-likeness (QED) is 0.115. The maximum Gasteiger partial charge on any atom is 0.326 e. The van der Waals surface area contributed by atoms with E-state index in [9.17, 15) is 14.4 Å². The summed E-state index contributed by atoms with van der Waals surface area (Å²) in [5, 5.41) is 11.7. The first-order valence-corrected chi connectivity index (χ1v) is 8.66. The summed E-state index contributed by atoms with van der Waals surface area (Å²) in [7, 11) is 0. The highest BCUT2D eigenvalue weighted by Crippen LogP contribution is 2.18. The number of hydrogen-bond acceptors (Lipinski definition) is 6. The van der Waals surface area contributed by atoms with Gasteiger partial charge in [0.2, 0.25) is 11.8 Å². The van der Waals surface area contributed by atoms with Crippen LogP contribution in [0.15, 0.2) is 4.99 Å². The number of amides is 2. The standard InChI is InChI=1S/C14H26N6O4S/c15-8(3-1-5-18-14(16)17)11(21)19-9(7-25)12(22)20-6-2-4-10(20)13(23)24/h8-10,25H,1-7,15H2,(H,19,21)(H,23,24)(H4,16,17,18)/t8-,9-,10+/m0/s1. The topological polar surface area (TPSA) is 177 Å². The molecule has 1 rings (SSSR count). The molecule has 11 heteroatoms. The number of thiol groups is 1. The molecule has 1 aliphatic rings. The SMILES string of the molecule is NC(N)=NCCC[C@H](N)C(=O)N[C@@H](CS)C(=O)N1CCC[C@@H]1C(=O)O. The van der Waals surface area contributed by atoms with E-state index in [-0.39, 0.29) is 11.7 Å². The van der Waals surface area contributed by atoms with Crippen molar-refractivity contribution in [2.24, 2.45) is 22.2 Å². The van der Waals surface area contributed by atoms with Crippen molar-refractivity contribution in [3.8, 4) is 0 Å². The van der Waals surface area contributed by atoms with Crippen molar-refractivity contribution >= 4 is 36.4 Å². The molecule has 1 saturated heterocycles. The lowest BCUT2D eigenvalue weighted by molar-refractivity contribution is -0.149. The van der Waals surface area contributed by atoms with Crippen LogP contribution in [-0.2, 0) is 14.4 Å². The first kappa shape index (κ1) is 21.0. The number of carboxylic acids is 1. The van der Waals surface area contributed by atoms with Gasteiger partial charge in [-0.1, -0.05) is 0 Å². The Morgan fingerprint density at radius 3 is 2.60 bits per heavy atom. The number of nitrogens with zero attached hydrogens (tertiary/aromatic N) is 2. The molecule has 0 aromatic carbocycles. The second kappa shape index (κ2) is 10.1. The van der Waals surface area contributed by atoms with Crippen molar-refractivity contribution in [1.29, 1.82) is 0 Å². The molecule has 0 aromatic rings. The Balaban J connectivity index is 2.56. The Morgan fingerprint density at radius 2 is 2.04 bits per heavy atom. The minimum Gasteiger partial charge on any atom is -0.480 e. The smallest absolute Gasteiger partial charge is 0.326 e. The van der Waals surface area contributed by atoms with Crippen LogP contribution in [0.3, 0.4) is 0 Å². The first-order valence-electron chi connectivity index (χ1n) is 8.03. The zero-order valence-corrected chi connectivity index (χ0v) is 14.8. The average Bonchev–Trinajstić information content (AvgIpc) is 3.05. The minimum absolute atomic E-state index is 0.0302. The molecule has 10 nitrogen and oxygen atoms in total. The highest BCUT2D eigenvalue weighted by atomic mass is 32.1. The van der Waals surface area contributed by atoms with Crippen molar-refractivity contribution in [3.63, 3.8) is 0 Å². The van der Waals surface area contributed by atoms with E-state index in [2.05, 4.69) is 22.9 Å². The Bertz CT molecular complexity index is 525. The molecule has 1 aliphatic heterocycles. The van der Waals surface area contributed by atoms with Gasteiger partial charge in [-0.3, -0.25) is 14.6 Å². The van der Waals surface area contributed by atoms with Gasteiger partial charge >= 0.3 is 5.97 Å². The number of carbonyl (C=O) groups is 3. The summed E-state index contributed by atoms with van der Waals surface area (Å²) in [6.45, 7) is 0.701. The molecule has 0 aliphatic carbocycles. The van der Waals surface area contributed by atoms with Crippen LogP contribution in [0.1, 0.15) is 25.7 Å². The maximum atomic E-state index is 12.5. The fourth-order valence-electron chi connectivity index (χ4n) is 2.60. The molecule has 1 heterocycles. The predicted molar refractivity (Wildman–Crippen MR) is 96.0 cm³/mol. The van der Waals surface area contributed by atoms with Gasteiger partial charge in [0, 0.05) is 18.8 Å². The molecule has 1 fully saturated rings. The molecule has 0 unspecified atom stereocenters. The molecular formula is C14H26N6O4S. The number of likely N-dealkylation sites (tertiary alicyclic amines) is 1. The lowest BCUT2D eigenvalue weighted by Crippen LogP contribution is -2.55. The molecule has 8 N–H and O–H groups in total. The Hall–Kier alpha value is -2.01. The van der Waals surface area contributed by atoms with E-state index in [4.69, 9.17) is 22.3 Å². The van der Waals surface area contributed by atoms with Gasteiger partial charge in [-0.25, -0.2) is 4.79 Å². The van der Waals surface area contributed by atoms with Crippen LogP contribution in [0.2, 0.25) is 0 Å². The molecule has 25 heavy (non-hydrogen) atoms. The molecule has 0 bridgehead atoms. The molecule has 3 atom stereocenters. The Morgan fingerprint density at radius 1 is 1.36 bits per heavy atom. The third-order valence-electron chi connectivity index (χ3n) is 3.92. The van der Waals surface area contributed by atoms with E-state index in [1.807, 2.05) is 0 Å². The Labute approximate surface area is 151 Å². The van der Waals surface area contributed by atoms with E-state index < -0.39 is 35.9 Å². The lowest BCUT2D eigenvalue weighted by atomic mass is 10.1. The van der Waals surface area contributed by atoms with Crippen LogP contribution >= 0.6 is 12.6 Å². The number of hydrogen-bond donors (Lipinski definition) is 6. The van der Waals surface area contributed by atoms with Crippen LogP contribution in [0.25, 0.3) is 0 Å². The number of rotatable bonds is 9.